The van der Waals surface area contributed by atoms with E-state index in [-0.39, 0.29) is 18.6 Å². The fraction of sp³-hybridized carbons (Fsp3) is 0.643. The molecule has 0 aliphatic carbocycles. The molecule has 8 nitrogen and oxygen atoms in total. The van der Waals surface area contributed by atoms with Gasteiger partial charge in [-0.1, -0.05) is 0 Å². The molecule has 2 amide bonds. The smallest absolute Gasteiger partial charge is 0.251 e. The van der Waals surface area contributed by atoms with Crippen LogP contribution in [-0.4, -0.2) is 77.3 Å². The molecule has 0 bridgehead atoms. The third-order valence-corrected chi connectivity index (χ3v) is 4.28. The first-order valence-electron chi connectivity index (χ1n) is 7.55. The zero-order chi connectivity index (χ0) is 15.5. The number of nitrogens with two attached hydrogens (primary N) is 1. The normalized spacial score (nSPS) is 23.2. The van der Waals surface area contributed by atoms with Crippen molar-refractivity contribution in [1.29, 1.82) is 0 Å². The lowest BCUT2D eigenvalue weighted by atomic mass is 10.3. The van der Waals surface area contributed by atoms with Crippen molar-refractivity contribution < 1.29 is 14.3 Å². The highest BCUT2D eigenvalue weighted by Gasteiger charge is 2.26. The summed E-state index contributed by atoms with van der Waals surface area (Å²) in [5.74, 6) is -0.382. The number of ether oxygens (including phenoxy) is 1. The molecule has 8 heteroatoms. The Labute approximate surface area is 128 Å². The number of amides is 2. The molecule has 2 aliphatic rings. The van der Waals surface area contributed by atoms with Crippen LogP contribution in [0.3, 0.4) is 0 Å². The lowest BCUT2D eigenvalue weighted by molar-refractivity contribution is -0.142. The van der Waals surface area contributed by atoms with Crippen LogP contribution in [0.15, 0.2) is 12.4 Å². The molecule has 2 saturated heterocycles. The van der Waals surface area contributed by atoms with Crippen molar-refractivity contribution in [2.24, 2.45) is 5.73 Å². The summed E-state index contributed by atoms with van der Waals surface area (Å²) in [4.78, 5) is 27.0. The molecule has 2 aliphatic heterocycles. The summed E-state index contributed by atoms with van der Waals surface area (Å²) in [5.41, 5.74) is 5.69. The Balaban J connectivity index is 1.49. The molecular weight excluding hydrogens is 286 g/mol. The van der Waals surface area contributed by atoms with Crippen molar-refractivity contribution in [3.8, 4) is 0 Å². The van der Waals surface area contributed by atoms with E-state index in [2.05, 4.69) is 10.00 Å². The molecule has 0 spiro atoms. The van der Waals surface area contributed by atoms with Crippen molar-refractivity contribution >= 4 is 11.8 Å². The largest absolute Gasteiger partial charge is 0.370 e. The van der Waals surface area contributed by atoms with Gasteiger partial charge in [0.1, 0.15) is 6.61 Å². The van der Waals surface area contributed by atoms with Crippen LogP contribution in [0.5, 0.6) is 0 Å². The van der Waals surface area contributed by atoms with E-state index in [4.69, 9.17) is 10.5 Å². The molecule has 3 heterocycles. The van der Waals surface area contributed by atoms with Gasteiger partial charge in [0, 0.05) is 38.9 Å². The van der Waals surface area contributed by atoms with E-state index in [1.807, 2.05) is 9.58 Å². The van der Waals surface area contributed by atoms with Gasteiger partial charge < -0.3 is 15.4 Å². The topological polar surface area (TPSA) is 93.7 Å². The number of hydrogen-bond donors (Lipinski definition) is 1. The summed E-state index contributed by atoms with van der Waals surface area (Å²) in [6.07, 6.45) is 4.20. The second kappa shape index (κ2) is 6.45. The predicted molar refractivity (Wildman–Crippen MR) is 78.2 cm³/mol. The minimum absolute atomic E-state index is 0.0696. The summed E-state index contributed by atoms with van der Waals surface area (Å²) in [5, 5.41) is 4.22. The Morgan fingerprint density at radius 3 is 3.00 bits per heavy atom. The number of carbonyl (C=O) groups excluding carboxylic acids is 2. The summed E-state index contributed by atoms with van der Waals surface area (Å²) < 4.78 is 6.95. The highest BCUT2D eigenvalue weighted by atomic mass is 16.5. The van der Waals surface area contributed by atoms with Crippen LogP contribution in [0.2, 0.25) is 0 Å². The van der Waals surface area contributed by atoms with E-state index < -0.39 is 5.91 Å². The van der Waals surface area contributed by atoms with Crippen LogP contribution in [0.25, 0.3) is 0 Å². The number of rotatable bonds is 5. The lowest BCUT2D eigenvalue weighted by Crippen LogP contribution is -2.45. The average molecular weight is 307 g/mol. The SMILES string of the molecule is NC(=O)c1cnn(C2CCN(CCN3CCOCC3=O)C2)c1. The van der Waals surface area contributed by atoms with E-state index >= 15 is 0 Å². The van der Waals surface area contributed by atoms with E-state index in [0.29, 0.717) is 18.7 Å². The van der Waals surface area contributed by atoms with E-state index in [0.717, 1.165) is 32.6 Å². The summed E-state index contributed by atoms with van der Waals surface area (Å²) >= 11 is 0. The van der Waals surface area contributed by atoms with Crippen LogP contribution >= 0.6 is 0 Å². The number of aromatic nitrogens is 2. The third-order valence-electron chi connectivity index (χ3n) is 4.28. The molecule has 0 aromatic carbocycles. The second-order valence-corrected chi connectivity index (χ2v) is 5.75. The van der Waals surface area contributed by atoms with Crippen molar-refractivity contribution in [2.75, 3.05) is 45.9 Å². The van der Waals surface area contributed by atoms with Crippen molar-refractivity contribution in [3.05, 3.63) is 18.0 Å². The van der Waals surface area contributed by atoms with Gasteiger partial charge in [-0.3, -0.25) is 19.2 Å². The first-order valence-corrected chi connectivity index (χ1v) is 7.55. The Bertz CT molecular complexity index is 558. The highest BCUT2D eigenvalue weighted by molar-refractivity contribution is 5.92. The maximum atomic E-state index is 11.7. The molecule has 1 aromatic rings. The molecule has 1 unspecified atom stereocenters. The standard InChI is InChI=1S/C14H21N5O3/c15-14(21)11-7-16-19(8-11)12-1-2-17(9-12)3-4-18-5-6-22-10-13(18)20/h7-8,12H,1-6,9-10H2,(H2,15,21). The van der Waals surface area contributed by atoms with E-state index in [1.54, 1.807) is 6.20 Å². The minimum Gasteiger partial charge on any atom is -0.370 e. The fourth-order valence-corrected chi connectivity index (χ4v) is 2.95. The maximum Gasteiger partial charge on any atom is 0.251 e. The molecule has 2 fully saturated rings. The number of likely N-dealkylation sites (tertiary alicyclic amines) is 1. The number of carbonyl (C=O) groups is 2. The number of hydrogen-bond acceptors (Lipinski definition) is 5. The predicted octanol–water partition coefficient (Wildman–Crippen LogP) is -0.912. The summed E-state index contributed by atoms with van der Waals surface area (Å²) in [6.45, 7) is 4.93. The van der Waals surface area contributed by atoms with Crippen LogP contribution in [-0.2, 0) is 9.53 Å². The van der Waals surface area contributed by atoms with Gasteiger partial charge in [-0.05, 0) is 6.42 Å². The molecule has 0 saturated carbocycles. The van der Waals surface area contributed by atoms with E-state index in [9.17, 15) is 9.59 Å². The van der Waals surface area contributed by atoms with Gasteiger partial charge in [-0.25, -0.2) is 0 Å². The van der Waals surface area contributed by atoms with Gasteiger partial charge in [0.05, 0.1) is 24.4 Å². The van der Waals surface area contributed by atoms with Crippen LogP contribution in [0, 0.1) is 0 Å². The molecule has 3 rings (SSSR count). The molecule has 22 heavy (non-hydrogen) atoms. The Morgan fingerprint density at radius 2 is 2.27 bits per heavy atom. The van der Waals surface area contributed by atoms with Crippen LogP contribution in [0.4, 0.5) is 0 Å². The van der Waals surface area contributed by atoms with Gasteiger partial charge in [0.2, 0.25) is 5.91 Å². The Hall–Kier alpha value is -1.93. The Kier molecular flexibility index (Phi) is 4.39. The molecular formula is C14H21N5O3. The van der Waals surface area contributed by atoms with Gasteiger partial charge in [0.15, 0.2) is 0 Å². The first kappa shape index (κ1) is 15.0. The molecule has 1 aromatic heterocycles. The van der Waals surface area contributed by atoms with Crippen molar-refractivity contribution in [1.82, 2.24) is 19.6 Å². The monoisotopic (exact) mass is 307 g/mol. The number of nitrogens with zero attached hydrogens (tertiary/aromatic N) is 4. The third kappa shape index (κ3) is 3.28. The van der Waals surface area contributed by atoms with Gasteiger partial charge in [-0.2, -0.15) is 5.10 Å². The molecule has 0 radical (unpaired) electrons. The van der Waals surface area contributed by atoms with Gasteiger partial charge in [0.25, 0.3) is 5.91 Å². The zero-order valence-electron chi connectivity index (χ0n) is 12.5. The highest BCUT2D eigenvalue weighted by Crippen LogP contribution is 2.21. The zero-order valence-corrected chi connectivity index (χ0v) is 12.5. The van der Waals surface area contributed by atoms with Crippen molar-refractivity contribution in [3.63, 3.8) is 0 Å². The van der Waals surface area contributed by atoms with Crippen LogP contribution < -0.4 is 5.73 Å². The molecule has 120 valence electrons. The fourth-order valence-electron chi connectivity index (χ4n) is 2.95. The quantitative estimate of drug-likeness (QED) is 0.760. The average Bonchev–Trinajstić information content (AvgIpc) is 3.15. The van der Waals surface area contributed by atoms with Gasteiger partial charge >= 0.3 is 0 Å². The van der Waals surface area contributed by atoms with E-state index in [1.165, 1.54) is 6.20 Å². The lowest BCUT2D eigenvalue weighted by Gasteiger charge is -2.28. The van der Waals surface area contributed by atoms with Crippen LogP contribution in [0.1, 0.15) is 22.8 Å². The number of morpholine rings is 1. The second-order valence-electron chi connectivity index (χ2n) is 5.75. The Morgan fingerprint density at radius 1 is 1.41 bits per heavy atom. The summed E-state index contributed by atoms with van der Waals surface area (Å²) in [6, 6.07) is 0.258. The molecule has 2 N–H and O–H groups in total. The molecule has 1 atom stereocenters. The number of primary amides is 1. The minimum atomic E-state index is -0.452. The maximum absolute atomic E-state index is 11.7. The van der Waals surface area contributed by atoms with Crippen molar-refractivity contribution in [2.45, 2.75) is 12.5 Å². The van der Waals surface area contributed by atoms with Gasteiger partial charge in [-0.15, -0.1) is 0 Å². The first-order chi connectivity index (χ1) is 10.6. The summed E-state index contributed by atoms with van der Waals surface area (Å²) in [7, 11) is 0.